The van der Waals surface area contributed by atoms with Gasteiger partial charge in [0.15, 0.2) is 0 Å². The van der Waals surface area contributed by atoms with Gasteiger partial charge in [-0.1, -0.05) is 0 Å². The van der Waals surface area contributed by atoms with Crippen molar-refractivity contribution in [1.29, 1.82) is 0 Å². The van der Waals surface area contributed by atoms with Crippen molar-refractivity contribution < 1.29 is 9.47 Å². The zero-order chi connectivity index (χ0) is 8.97. The third kappa shape index (κ3) is 3.57. The van der Waals surface area contributed by atoms with E-state index in [0.717, 1.165) is 5.56 Å². The fraction of sp³-hybridized carbons (Fsp3) is 0.375. The summed E-state index contributed by atoms with van der Waals surface area (Å²) in [5.74, 6) is 1.06. The summed E-state index contributed by atoms with van der Waals surface area (Å²) >= 11 is 0. The molecular weight excluding hydrogens is 227 g/mol. The van der Waals surface area contributed by atoms with Crippen molar-refractivity contribution in [2.75, 3.05) is 14.2 Å². The van der Waals surface area contributed by atoms with E-state index in [2.05, 4.69) is 4.98 Å². The van der Waals surface area contributed by atoms with Crippen LogP contribution in [0, 0.1) is 0 Å². The lowest BCUT2D eigenvalue weighted by Crippen LogP contribution is -2.02. The molecule has 0 fully saturated rings. The third-order valence-electron chi connectivity index (χ3n) is 1.54. The van der Waals surface area contributed by atoms with Crippen molar-refractivity contribution in [3.8, 4) is 11.8 Å². The maximum Gasteiger partial charge on any atom is 0.220 e. The zero-order valence-electron chi connectivity index (χ0n) is 8.02. The first kappa shape index (κ1) is 15.7. The Morgan fingerprint density at radius 3 is 2.29 bits per heavy atom. The number of halogens is 2. The lowest BCUT2D eigenvalue weighted by Gasteiger charge is -2.06. The molecule has 0 unspecified atom stereocenters. The van der Waals surface area contributed by atoms with Gasteiger partial charge < -0.3 is 15.2 Å². The molecular formula is C8H14Cl2N2O2. The molecule has 0 aromatic carbocycles. The van der Waals surface area contributed by atoms with Gasteiger partial charge >= 0.3 is 0 Å². The fourth-order valence-electron chi connectivity index (χ4n) is 0.898. The van der Waals surface area contributed by atoms with E-state index in [1.54, 1.807) is 20.3 Å². The molecule has 0 bridgehead atoms. The summed E-state index contributed by atoms with van der Waals surface area (Å²) in [5, 5.41) is 0. The van der Waals surface area contributed by atoms with Crippen LogP contribution < -0.4 is 15.2 Å². The number of hydrogen-bond acceptors (Lipinski definition) is 4. The van der Waals surface area contributed by atoms with E-state index in [1.165, 1.54) is 0 Å². The van der Waals surface area contributed by atoms with Crippen LogP contribution in [0.4, 0.5) is 0 Å². The second-order valence-corrected chi connectivity index (χ2v) is 2.23. The SMILES string of the molecule is COc1ccc(CN)c(OC)n1.Cl.Cl. The molecule has 0 radical (unpaired) electrons. The summed E-state index contributed by atoms with van der Waals surface area (Å²) in [6, 6.07) is 3.59. The Morgan fingerprint density at radius 1 is 1.21 bits per heavy atom. The molecule has 0 saturated heterocycles. The number of ether oxygens (including phenoxy) is 2. The molecule has 1 aromatic rings. The van der Waals surface area contributed by atoms with Crippen LogP contribution in [0.15, 0.2) is 12.1 Å². The van der Waals surface area contributed by atoms with Gasteiger partial charge in [-0.25, -0.2) is 0 Å². The molecule has 4 nitrogen and oxygen atoms in total. The van der Waals surface area contributed by atoms with Gasteiger partial charge in [0, 0.05) is 18.2 Å². The van der Waals surface area contributed by atoms with E-state index in [-0.39, 0.29) is 24.8 Å². The minimum Gasteiger partial charge on any atom is -0.481 e. The topological polar surface area (TPSA) is 57.4 Å². The minimum atomic E-state index is 0. The highest BCUT2D eigenvalue weighted by Crippen LogP contribution is 2.18. The second kappa shape index (κ2) is 7.67. The van der Waals surface area contributed by atoms with E-state index >= 15 is 0 Å². The molecule has 0 aliphatic rings. The summed E-state index contributed by atoms with van der Waals surface area (Å²) in [6.45, 7) is 0.417. The van der Waals surface area contributed by atoms with Crippen LogP contribution in [0.25, 0.3) is 0 Å². The molecule has 2 N–H and O–H groups in total. The summed E-state index contributed by atoms with van der Waals surface area (Å²) in [7, 11) is 3.12. The van der Waals surface area contributed by atoms with E-state index in [0.29, 0.717) is 18.3 Å². The molecule has 1 aromatic heterocycles. The first-order chi connectivity index (χ1) is 5.81. The quantitative estimate of drug-likeness (QED) is 0.868. The number of rotatable bonds is 3. The van der Waals surface area contributed by atoms with Gasteiger partial charge in [-0.15, -0.1) is 24.8 Å². The van der Waals surface area contributed by atoms with Crippen LogP contribution >= 0.6 is 24.8 Å². The largest absolute Gasteiger partial charge is 0.481 e. The van der Waals surface area contributed by atoms with Gasteiger partial charge in [-0.3, -0.25) is 0 Å². The molecule has 0 aliphatic heterocycles. The standard InChI is InChI=1S/C8H12N2O2.2ClH/c1-11-7-4-3-6(5-9)8(10-7)12-2;;/h3-4H,5,9H2,1-2H3;2*1H. The van der Waals surface area contributed by atoms with Gasteiger partial charge in [0.2, 0.25) is 11.8 Å². The van der Waals surface area contributed by atoms with Crippen LogP contribution in [-0.4, -0.2) is 19.2 Å². The van der Waals surface area contributed by atoms with E-state index < -0.39 is 0 Å². The Balaban J connectivity index is 0. The second-order valence-electron chi connectivity index (χ2n) is 2.23. The zero-order valence-corrected chi connectivity index (χ0v) is 9.65. The lowest BCUT2D eigenvalue weighted by molar-refractivity contribution is 0.361. The lowest BCUT2D eigenvalue weighted by atomic mass is 10.3. The molecule has 0 spiro atoms. The Morgan fingerprint density at radius 2 is 1.86 bits per heavy atom. The predicted molar refractivity (Wildman–Crippen MR) is 59.7 cm³/mol. The molecule has 1 rings (SSSR count). The number of aromatic nitrogens is 1. The molecule has 1 heterocycles. The highest BCUT2D eigenvalue weighted by Gasteiger charge is 2.03. The van der Waals surface area contributed by atoms with Gasteiger partial charge in [0.1, 0.15) is 0 Å². The van der Waals surface area contributed by atoms with Gasteiger partial charge in [-0.2, -0.15) is 4.98 Å². The molecule has 82 valence electrons. The number of nitrogens with zero attached hydrogens (tertiary/aromatic N) is 1. The molecule has 0 amide bonds. The first-order valence-corrected chi connectivity index (χ1v) is 3.59. The van der Waals surface area contributed by atoms with E-state index in [4.69, 9.17) is 15.2 Å². The maximum atomic E-state index is 5.46. The van der Waals surface area contributed by atoms with Crippen LogP contribution in [0.3, 0.4) is 0 Å². The average Bonchev–Trinajstić information content (AvgIpc) is 2.16. The number of nitrogens with two attached hydrogens (primary N) is 1. The van der Waals surface area contributed by atoms with Crippen LogP contribution in [0.5, 0.6) is 11.8 Å². The van der Waals surface area contributed by atoms with Gasteiger partial charge in [-0.05, 0) is 6.07 Å². The monoisotopic (exact) mass is 240 g/mol. The maximum absolute atomic E-state index is 5.46. The number of hydrogen-bond donors (Lipinski definition) is 1. The van der Waals surface area contributed by atoms with Gasteiger partial charge in [0.05, 0.1) is 14.2 Å². The summed E-state index contributed by atoms with van der Waals surface area (Å²) in [4.78, 5) is 4.06. The molecule has 0 atom stereocenters. The van der Waals surface area contributed by atoms with Crippen molar-refractivity contribution in [3.63, 3.8) is 0 Å². The van der Waals surface area contributed by atoms with Gasteiger partial charge in [0.25, 0.3) is 0 Å². The first-order valence-electron chi connectivity index (χ1n) is 3.59. The van der Waals surface area contributed by atoms with Crippen molar-refractivity contribution in [2.24, 2.45) is 5.73 Å². The Hall–Kier alpha value is -0.710. The summed E-state index contributed by atoms with van der Waals surface area (Å²) in [5.41, 5.74) is 6.33. The average molecular weight is 241 g/mol. The normalized spacial score (nSPS) is 8.21. The minimum absolute atomic E-state index is 0. The summed E-state index contributed by atoms with van der Waals surface area (Å²) < 4.78 is 9.93. The molecule has 0 saturated carbocycles. The van der Waals surface area contributed by atoms with Crippen molar-refractivity contribution in [2.45, 2.75) is 6.54 Å². The van der Waals surface area contributed by atoms with E-state index in [9.17, 15) is 0 Å². The van der Waals surface area contributed by atoms with Crippen LogP contribution in [-0.2, 0) is 6.54 Å². The number of methoxy groups -OCH3 is 2. The summed E-state index contributed by atoms with van der Waals surface area (Å²) in [6.07, 6.45) is 0. The highest BCUT2D eigenvalue weighted by atomic mass is 35.5. The smallest absolute Gasteiger partial charge is 0.220 e. The highest BCUT2D eigenvalue weighted by molar-refractivity contribution is 5.85. The Bertz CT molecular complexity index is 272. The van der Waals surface area contributed by atoms with E-state index in [1.807, 2.05) is 6.07 Å². The van der Waals surface area contributed by atoms with Crippen molar-refractivity contribution in [1.82, 2.24) is 4.98 Å². The predicted octanol–water partition coefficient (Wildman–Crippen LogP) is 1.40. The Labute approximate surface area is 95.6 Å². The fourth-order valence-corrected chi connectivity index (χ4v) is 0.898. The van der Waals surface area contributed by atoms with Crippen molar-refractivity contribution >= 4 is 24.8 Å². The van der Waals surface area contributed by atoms with Crippen LogP contribution in [0.1, 0.15) is 5.56 Å². The number of pyridine rings is 1. The molecule has 0 aliphatic carbocycles. The molecule has 6 heteroatoms. The Kier molecular flexibility index (Phi) is 8.63. The van der Waals surface area contributed by atoms with Crippen molar-refractivity contribution in [3.05, 3.63) is 17.7 Å². The molecule has 14 heavy (non-hydrogen) atoms. The van der Waals surface area contributed by atoms with Crippen LogP contribution in [0.2, 0.25) is 0 Å². The third-order valence-corrected chi connectivity index (χ3v) is 1.54.